The van der Waals surface area contributed by atoms with Gasteiger partial charge in [-0.15, -0.1) is 0 Å². The average molecular weight is 356 g/mol. The molecule has 0 spiro atoms. The second-order valence-corrected chi connectivity index (χ2v) is 5.97. The lowest BCUT2D eigenvalue weighted by atomic mass is 9.85. The summed E-state index contributed by atoms with van der Waals surface area (Å²) in [5.74, 6) is 0.0539. The van der Waals surface area contributed by atoms with Gasteiger partial charge in [-0.25, -0.2) is 4.79 Å². The Labute approximate surface area is 151 Å². The van der Waals surface area contributed by atoms with Gasteiger partial charge in [0.2, 0.25) is 6.10 Å². The van der Waals surface area contributed by atoms with Crippen molar-refractivity contribution in [1.29, 1.82) is 0 Å². The maximum atomic E-state index is 12.7. The number of aliphatic imine (C=N–C) groups is 1. The first-order chi connectivity index (χ1) is 12.2. The predicted molar refractivity (Wildman–Crippen MR) is 98.3 cm³/mol. The Bertz CT molecular complexity index is 772. The highest BCUT2D eigenvalue weighted by Gasteiger charge is 2.46. The summed E-state index contributed by atoms with van der Waals surface area (Å²) in [4.78, 5) is 17.3. The molecule has 0 amide bonds. The number of esters is 1. The Hall–Kier alpha value is -2.59. The zero-order valence-electron chi connectivity index (χ0n) is 13.8. The van der Waals surface area contributed by atoms with Gasteiger partial charge in [0.05, 0.1) is 6.61 Å². The van der Waals surface area contributed by atoms with Gasteiger partial charge >= 0.3 is 5.97 Å². The molecule has 2 atom stereocenters. The predicted octanol–water partition coefficient (Wildman–Crippen LogP) is 4.19. The van der Waals surface area contributed by atoms with Gasteiger partial charge in [0.25, 0.3) is 0 Å². The molecule has 0 radical (unpaired) electrons. The summed E-state index contributed by atoms with van der Waals surface area (Å²) in [7, 11) is 0. The summed E-state index contributed by atoms with van der Waals surface area (Å²) in [5.41, 5.74) is -0.111. The summed E-state index contributed by atoms with van der Waals surface area (Å²) in [6.45, 7) is 2.03. The van der Waals surface area contributed by atoms with E-state index in [0.29, 0.717) is 10.8 Å². The standard InChI is InChI=1S/C20H18ClNO3/c1-2-24-19(23)18(25-17-11-9-16(21)10-12-17)20(13-6-14-22-20)15-7-4-3-5-8-15/h3-14,18H,2H2,1H3. The molecule has 0 saturated carbocycles. The zero-order chi connectivity index (χ0) is 17.7. The minimum Gasteiger partial charge on any atom is -0.475 e. The Morgan fingerprint density at radius 2 is 1.88 bits per heavy atom. The van der Waals surface area contributed by atoms with E-state index in [1.165, 1.54) is 0 Å². The molecule has 4 nitrogen and oxygen atoms in total. The van der Waals surface area contributed by atoms with Crippen molar-refractivity contribution in [3.63, 3.8) is 0 Å². The molecule has 3 rings (SSSR count). The number of carbonyl (C=O) groups excluding carboxylic acids is 1. The van der Waals surface area contributed by atoms with Gasteiger partial charge in [-0.05, 0) is 48.9 Å². The molecular weight excluding hydrogens is 338 g/mol. The van der Waals surface area contributed by atoms with Crippen LogP contribution in [0.2, 0.25) is 5.02 Å². The number of hydrogen-bond acceptors (Lipinski definition) is 4. The van der Waals surface area contributed by atoms with Crippen LogP contribution in [0.15, 0.2) is 71.7 Å². The number of halogens is 1. The van der Waals surface area contributed by atoms with Crippen molar-refractivity contribution in [3.8, 4) is 5.75 Å². The first-order valence-electron chi connectivity index (χ1n) is 8.03. The Morgan fingerprint density at radius 1 is 1.16 bits per heavy atom. The first kappa shape index (κ1) is 17.2. The summed E-state index contributed by atoms with van der Waals surface area (Å²) in [6.07, 6.45) is 4.39. The number of carbonyl (C=O) groups is 1. The molecule has 1 heterocycles. The van der Waals surface area contributed by atoms with Crippen LogP contribution in [0.1, 0.15) is 12.5 Å². The van der Waals surface area contributed by atoms with Crippen molar-refractivity contribution in [1.82, 2.24) is 0 Å². The van der Waals surface area contributed by atoms with Crippen LogP contribution in [0.3, 0.4) is 0 Å². The molecule has 1 aliphatic heterocycles. The lowest BCUT2D eigenvalue weighted by Crippen LogP contribution is -2.46. The Morgan fingerprint density at radius 3 is 2.48 bits per heavy atom. The molecule has 2 aromatic carbocycles. The fraction of sp³-hybridized carbons (Fsp3) is 0.200. The molecule has 0 fully saturated rings. The number of rotatable bonds is 6. The van der Waals surface area contributed by atoms with Crippen LogP contribution in [-0.4, -0.2) is 24.9 Å². The molecule has 128 valence electrons. The highest BCUT2D eigenvalue weighted by atomic mass is 35.5. The summed E-state index contributed by atoms with van der Waals surface area (Å²) >= 11 is 5.93. The quantitative estimate of drug-likeness (QED) is 0.730. The van der Waals surface area contributed by atoms with Crippen molar-refractivity contribution in [2.45, 2.75) is 18.6 Å². The van der Waals surface area contributed by atoms with Crippen molar-refractivity contribution >= 4 is 23.8 Å². The van der Waals surface area contributed by atoms with Crippen LogP contribution in [0.4, 0.5) is 0 Å². The van der Waals surface area contributed by atoms with Crippen molar-refractivity contribution in [2.75, 3.05) is 6.61 Å². The van der Waals surface area contributed by atoms with Crippen LogP contribution in [0.25, 0.3) is 0 Å². The van der Waals surface area contributed by atoms with E-state index in [9.17, 15) is 4.79 Å². The molecule has 25 heavy (non-hydrogen) atoms. The monoisotopic (exact) mass is 355 g/mol. The van der Waals surface area contributed by atoms with Gasteiger partial charge in [0.1, 0.15) is 5.75 Å². The number of allylic oxidation sites excluding steroid dienone is 1. The maximum absolute atomic E-state index is 12.7. The fourth-order valence-electron chi connectivity index (χ4n) is 2.77. The summed E-state index contributed by atoms with van der Waals surface area (Å²) in [6, 6.07) is 16.4. The van der Waals surface area contributed by atoms with E-state index >= 15 is 0 Å². The van der Waals surface area contributed by atoms with Gasteiger partial charge in [-0.2, -0.15) is 0 Å². The summed E-state index contributed by atoms with van der Waals surface area (Å²) in [5, 5.41) is 0.594. The largest absolute Gasteiger partial charge is 0.475 e. The smallest absolute Gasteiger partial charge is 0.350 e. The molecule has 0 bridgehead atoms. The SMILES string of the molecule is CCOC(=O)C(Oc1ccc(Cl)cc1)C1(c2ccccc2)C=CC=N1. The Kier molecular flexibility index (Phi) is 5.19. The number of ether oxygens (including phenoxy) is 2. The molecular formula is C20H18ClNO3. The first-order valence-corrected chi connectivity index (χ1v) is 8.41. The van der Waals surface area contributed by atoms with Gasteiger partial charge in [0.15, 0.2) is 5.54 Å². The molecule has 0 aromatic heterocycles. The lowest BCUT2D eigenvalue weighted by molar-refractivity contribution is -0.154. The molecule has 0 aliphatic carbocycles. The molecule has 0 saturated heterocycles. The van der Waals surface area contributed by atoms with Gasteiger partial charge in [0, 0.05) is 11.2 Å². The maximum Gasteiger partial charge on any atom is 0.350 e. The van der Waals surface area contributed by atoms with Crippen molar-refractivity contribution in [3.05, 3.63) is 77.3 Å². The van der Waals surface area contributed by atoms with Crippen LogP contribution in [0.5, 0.6) is 5.75 Å². The van der Waals surface area contributed by atoms with E-state index in [1.54, 1.807) is 37.4 Å². The van der Waals surface area contributed by atoms with Crippen LogP contribution in [-0.2, 0) is 15.1 Å². The third-order valence-electron chi connectivity index (χ3n) is 3.93. The Balaban J connectivity index is 2.02. The van der Waals surface area contributed by atoms with E-state index < -0.39 is 17.6 Å². The van der Waals surface area contributed by atoms with Crippen LogP contribution >= 0.6 is 11.6 Å². The zero-order valence-corrected chi connectivity index (χ0v) is 14.5. The van der Waals surface area contributed by atoms with Gasteiger partial charge in [-0.3, -0.25) is 4.99 Å². The lowest BCUT2D eigenvalue weighted by Gasteiger charge is -2.32. The average Bonchev–Trinajstić information content (AvgIpc) is 3.13. The van der Waals surface area contributed by atoms with E-state index in [0.717, 1.165) is 5.56 Å². The highest BCUT2D eigenvalue weighted by Crippen LogP contribution is 2.37. The van der Waals surface area contributed by atoms with Gasteiger partial charge < -0.3 is 9.47 Å². The van der Waals surface area contributed by atoms with E-state index in [2.05, 4.69) is 4.99 Å². The molecule has 2 unspecified atom stereocenters. The summed E-state index contributed by atoms with van der Waals surface area (Å²) < 4.78 is 11.3. The second kappa shape index (κ2) is 7.53. The third kappa shape index (κ3) is 3.59. The number of nitrogens with zero attached hydrogens (tertiary/aromatic N) is 1. The highest BCUT2D eigenvalue weighted by molar-refractivity contribution is 6.30. The molecule has 1 aliphatic rings. The molecule has 5 heteroatoms. The second-order valence-electron chi connectivity index (χ2n) is 5.53. The van der Waals surface area contributed by atoms with E-state index in [1.807, 2.05) is 42.5 Å². The molecule has 0 N–H and O–H groups in total. The fourth-order valence-corrected chi connectivity index (χ4v) is 2.89. The topological polar surface area (TPSA) is 47.9 Å². The van der Waals surface area contributed by atoms with E-state index in [4.69, 9.17) is 21.1 Å². The minimum atomic E-state index is -0.965. The van der Waals surface area contributed by atoms with Gasteiger partial charge in [-0.1, -0.05) is 41.9 Å². The van der Waals surface area contributed by atoms with Crippen molar-refractivity contribution in [2.24, 2.45) is 4.99 Å². The normalized spacial score (nSPS) is 19.6. The minimum absolute atomic E-state index is 0.262. The van der Waals surface area contributed by atoms with E-state index in [-0.39, 0.29) is 6.61 Å². The van der Waals surface area contributed by atoms with Crippen molar-refractivity contribution < 1.29 is 14.3 Å². The van der Waals surface area contributed by atoms with Crippen LogP contribution in [0, 0.1) is 0 Å². The third-order valence-corrected chi connectivity index (χ3v) is 4.18. The number of hydrogen-bond donors (Lipinski definition) is 0. The van der Waals surface area contributed by atoms with Crippen LogP contribution < -0.4 is 4.74 Å². The molecule has 2 aromatic rings. The number of benzene rings is 2.